The van der Waals surface area contributed by atoms with Crippen LogP contribution in [0.3, 0.4) is 0 Å². The van der Waals surface area contributed by atoms with E-state index in [9.17, 15) is 0 Å². The van der Waals surface area contributed by atoms with E-state index in [-0.39, 0.29) is 5.71 Å². The molecule has 1 heterocycles. The first-order valence-electron chi connectivity index (χ1n) is 5.28. The number of anilines is 1. The molecule has 0 saturated carbocycles. The third kappa shape index (κ3) is 2.76. The van der Waals surface area contributed by atoms with Crippen molar-refractivity contribution in [1.29, 1.82) is 10.7 Å². The molecule has 0 amide bonds. The molecule has 0 unspecified atom stereocenters. The van der Waals surface area contributed by atoms with Crippen LogP contribution in [0, 0.1) is 16.7 Å². The number of nitrogens with two attached hydrogens (primary N) is 1. The van der Waals surface area contributed by atoms with Gasteiger partial charge >= 0.3 is 0 Å². The maximum atomic E-state index is 8.76. The first-order chi connectivity index (χ1) is 9.22. The smallest absolute Gasteiger partial charge is 0.201 e. The highest BCUT2D eigenvalue weighted by molar-refractivity contribution is 6.45. The van der Waals surface area contributed by atoms with Crippen molar-refractivity contribution in [2.75, 3.05) is 5.43 Å². The van der Waals surface area contributed by atoms with E-state index >= 15 is 0 Å². The lowest BCUT2D eigenvalue weighted by Gasteiger charge is -2.06. The Labute approximate surface area is 108 Å². The van der Waals surface area contributed by atoms with Gasteiger partial charge in [0.15, 0.2) is 18.0 Å². The number of para-hydroxylation sites is 1. The van der Waals surface area contributed by atoms with Gasteiger partial charge in [-0.2, -0.15) is 10.4 Å². The molecule has 1 aromatic carbocycles. The van der Waals surface area contributed by atoms with Gasteiger partial charge in [0.05, 0.1) is 11.9 Å². The van der Waals surface area contributed by atoms with Gasteiger partial charge in [-0.05, 0) is 12.1 Å². The molecule has 0 aliphatic rings. The quantitative estimate of drug-likeness (QED) is 0.434. The summed E-state index contributed by atoms with van der Waals surface area (Å²) >= 11 is 0. The molecule has 0 bridgehead atoms. The molecule has 4 N–H and O–H groups in total. The van der Waals surface area contributed by atoms with E-state index in [1.54, 1.807) is 24.4 Å². The molecular formula is C12H10N6O. The Morgan fingerprint density at radius 3 is 2.89 bits per heavy atom. The fourth-order valence-corrected chi connectivity index (χ4v) is 1.41. The zero-order valence-electron chi connectivity index (χ0n) is 9.79. The maximum absolute atomic E-state index is 8.76. The topological polar surface area (TPSA) is 124 Å². The van der Waals surface area contributed by atoms with Crippen LogP contribution in [0.25, 0.3) is 11.3 Å². The van der Waals surface area contributed by atoms with Crippen LogP contribution in [-0.4, -0.2) is 16.5 Å². The molecule has 94 valence electrons. The third-order valence-corrected chi connectivity index (χ3v) is 2.27. The zero-order chi connectivity index (χ0) is 13.7. The summed E-state index contributed by atoms with van der Waals surface area (Å²) in [5.41, 5.74) is 9.07. The number of rotatable bonds is 4. The lowest BCUT2D eigenvalue weighted by atomic mass is 10.1. The van der Waals surface area contributed by atoms with Gasteiger partial charge in [0, 0.05) is 5.56 Å². The molecule has 0 spiro atoms. The molecular weight excluding hydrogens is 244 g/mol. The average molecular weight is 254 g/mol. The summed E-state index contributed by atoms with van der Waals surface area (Å²) in [6.45, 7) is 0. The van der Waals surface area contributed by atoms with Gasteiger partial charge in [0.1, 0.15) is 6.07 Å². The molecule has 0 saturated heterocycles. The molecule has 0 atom stereocenters. The van der Waals surface area contributed by atoms with E-state index in [4.69, 9.17) is 20.8 Å². The van der Waals surface area contributed by atoms with Gasteiger partial charge in [0.25, 0.3) is 0 Å². The second-order valence-electron chi connectivity index (χ2n) is 3.51. The standard InChI is InChI=1S/C12H10N6O/c13-5-10(12(14)15)18-17-9-4-2-1-3-8(9)11-6-16-7-19-11/h1-4,6-7,17H,(H3,14,15)/b18-10+. The fraction of sp³-hybridized carbons (Fsp3) is 0. The number of nitriles is 1. The summed E-state index contributed by atoms with van der Waals surface area (Å²) in [6.07, 6.45) is 2.89. The molecule has 1 aromatic heterocycles. The Balaban J connectivity index is 2.32. The normalized spacial score (nSPS) is 10.8. The second-order valence-corrected chi connectivity index (χ2v) is 3.51. The van der Waals surface area contributed by atoms with Crippen molar-refractivity contribution in [3.63, 3.8) is 0 Å². The van der Waals surface area contributed by atoms with Crippen LogP contribution < -0.4 is 11.2 Å². The van der Waals surface area contributed by atoms with Crippen molar-refractivity contribution in [3.05, 3.63) is 36.9 Å². The highest BCUT2D eigenvalue weighted by Gasteiger charge is 2.08. The SMILES string of the molecule is N#C/C(=N\Nc1ccccc1-c1cnco1)C(=N)N. The van der Waals surface area contributed by atoms with Crippen molar-refractivity contribution >= 4 is 17.2 Å². The Hall–Kier alpha value is -3.14. The second kappa shape index (κ2) is 5.46. The Morgan fingerprint density at radius 1 is 1.47 bits per heavy atom. The minimum atomic E-state index is -0.396. The highest BCUT2D eigenvalue weighted by Crippen LogP contribution is 2.27. The summed E-state index contributed by atoms with van der Waals surface area (Å²) in [4.78, 5) is 3.84. The Bertz CT molecular complexity index is 653. The van der Waals surface area contributed by atoms with E-state index < -0.39 is 5.84 Å². The molecule has 0 aliphatic carbocycles. The molecule has 0 aliphatic heterocycles. The van der Waals surface area contributed by atoms with Gasteiger partial charge in [-0.15, -0.1) is 0 Å². The minimum absolute atomic E-state index is 0.188. The predicted octanol–water partition coefficient (Wildman–Crippen LogP) is 1.57. The summed E-state index contributed by atoms with van der Waals surface area (Å²) in [6, 6.07) is 8.95. The molecule has 0 radical (unpaired) electrons. The molecule has 19 heavy (non-hydrogen) atoms. The van der Waals surface area contributed by atoms with Crippen molar-refractivity contribution in [1.82, 2.24) is 4.98 Å². The highest BCUT2D eigenvalue weighted by atomic mass is 16.3. The minimum Gasteiger partial charge on any atom is -0.443 e. The van der Waals surface area contributed by atoms with Crippen molar-refractivity contribution < 1.29 is 4.42 Å². The third-order valence-electron chi connectivity index (χ3n) is 2.27. The summed E-state index contributed by atoms with van der Waals surface area (Å²) < 4.78 is 5.21. The molecule has 2 rings (SSSR count). The number of hydrogen-bond donors (Lipinski definition) is 3. The number of hydrazone groups is 1. The number of oxazole rings is 1. The predicted molar refractivity (Wildman–Crippen MR) is 70.5 cm³/mol. The van der Waals surface area contributed by atoms with E-state index in [0.29, 0.717) is 11.4 Å². The molecule has 7 nitrogen and oxygen atoms in total. The van der Waals surface area contributed by atoms with E-state index in [1.807, 2.05) is 12.1 Å². The number of aromatic nitrogens is 1. The zero-order valence-corrected chi connectivity index (χ0v) is 9.79. The molecule has 0 fully saturated rings. The number of nitrogens with zero attached hydrogens (tertiary/aromatic N) is 3. The van der Waals surface area contributed by atoms with Crippen LogP contribution in [-0.2, 0) is 0 Å². The summed E-state index contributed by atoms with van der Waals surface area (Å²) in [5, 5.41) is 19.7. The Kier molecular flexibility index (Phi) is 3.54. The van der Waals surface area contributed by atoms with Crippen LogP contribution in [0.2, 0.25) is 0 Å². The first-order valence-corrected chi connectivity index (χ1v) is 5.28. The number of hydrogen-bond acceptors (Lipinski definition) is 6. The summed E-state index contributed by atoms with van der Waals surface area (Å²) in [7, 11) is 0. The van der Waals surface area contributed by atoms with Crippen molar-refractivity contribution in [2.24, 2.45) is 10.8 Å². The van der Waals surface area contributed by atoms with Crippen molar-refractivity contribution in [2.45, 2.75) is 0 Å². The monoisotopic (exact) mass is 254 g/mol. The van der Waals surface area contributed by atoms with Crippen LogP contribution in [0.15, 0.2) is 46.4 Å². The van der Waals surface area contributed by atoms with E-state index in [0.717, 1.165) is 5.56 Å². The van der Waals surface area contributed by atoms with Crippen LogP contribution in [0.1, 0.15) is 0 Å². The number of benzene rings is 1. The number of nitrogens with one attached hydrogen (secondary N) is 2. The van der Waals surface area contributed by atoms with Crippen LogP contribution >= 0.6 is 0 Å². The Morgan fingerprint density at radius 2 is 2.26 bits per heavy atom. The van der Waals surface area contributed by atoms with Gasteiger partial charge < -0.3 is 10.2 Å². The molecule has 2 aromatic rings. The largest absolute Gasteiger partial charge is 0.443 e. The lowest BCUT2D eigenvalue weighted by Crippen LogP contribution is -2.21. The molecule has 7 heteroatoms. The average Bonchev–Trinajstić information content (AvgIpc) is 2.93. The first kappa shape index (κ1) is 12.3. The van der Waals surface area contributed by atoms with Gasteiger partial charge in [-0.3, -0.25) is 10.8 Å². The maximum Gasteiger partial charge on any atom is 0.201 e. The van der Waals surface area contributed by atoms with Gasteiger partial charge in [-0.1, -0.05) is 12.1 Å². The van der Waals surface area contributed by atoms with Gasteiger partial charge in [-0.25, -0.2) is 4.98 Å². The van der Waals surface area contributed by atoms with E-state index in [2.05, 4.69) is 15.5 Å². The van der Waals surface area contributed by atoms with Crippen LogP contribution in [0.4, 0.5) is 5.69 Å². The fourth-order valence-electron chi connectivity index (χ4n) is 1.41. The van der Waals surface area contributed by atoms with Crippen molar-refractivity contribution in [3.8, 4) is 17.4 Å². The number of amidine groups is 1. The van der Waals surface area contributed by atoms with Crippen LogP contribution in [0.5, 0.6) is 0 Å². The van der Waals surface area contributed by atoms with E-state index in [1.165, 1.54) is 6.39 Å². The summed E-state index contributed by atoms with van der Waals surface area (Å²) in [5.74, 6) is 0.173. The van der Waals surface area contributed by atoms with Gasteiger partial charge in [0.2, 0.25) is 5.71 Å². The lowest BCUT2D eigenvalue weighted by molar-refractivity contribution is 0.572.